The number of hydrogen-bond donors (Lipinski definition) is 1. The van der Waals surface area contributed by atoms with E-state index in [1.165, 1.54) is 0 Å². The van der Waals surface area contributed by atoms with Crippen molar-refractivity contribution in [3.8, 4) is 11.8 Å². The van der Waals surface area contributed by atoms with Gasteiger partial charge in [-0.05, 0) is 23.3 Å². The smallest absolute Gasteiger partial charge is 0.0733 e. The molecule has 0 aliphatic rings. The van der Waals surface area contributed by atoms with Crippen LogP contribution in [-0.2, 0) is 18.0 Å². The molecule has 2 aromatic carbocycles. The van der Waals surface area contributed by atoms with Crippen LogP contribution in [0.2, 0.25) is 0 Å². The van der Waals surface area contributed by atoms with Crippen LogP contribution in [0.4, 0.5) is 0 Å². The van der Waals surface area contributed by atoms with E-state index >= 15 is 0 Å². The average molecular weight is 330 g/mol. The van der Waals surface area contributed by atoms with Gasteiger partial charge in [0.1, 0.15) is 0 Å². The van der Waals surface area contributed by atoms with E-state index in [-0.39, 0.29) is 0 Å². The topological polar surface area (TPSA) is 35.2 Å². The fourth-order valence-electron chi connectivity index (χ4n) is 1.80. The van der Waals surface area contributed by atoms with E-state index in [0.717, 1.165) is 21.2 Å². The first-order valence-electron chi connectivity index (χ1n) is 6.39. The minimum atomic E-state index is 0.367. The maximum Gasteiger partial charge on any atom is 0.0733 e. The minimum Gasteiger partial charge on any atom is -0.372 e. The molecule has 0 saturated heterocycles. The van der Waals surface area contributed by atoms with Gasteiger partial charge in [-0.25, -0.2) is 0 Å². The van der Waals surface area contributed by atoms with Gasteiger partial charge in [-0.2, -0.15) is 0 Å². The largest absolute Gasteiger partial charge is 0.372 e. The summed E-state index contributed by atoms with van der Waals surface area (Å²) in [6.07, 6.45) is 0. The van der Waals surface area contributed by atoms with Gasteiger partial charge >= 0.3 is 0 Å². The SMILES string of the molecule is NCC#Cc1ccccc1COCc1ccccc1Br. The summed E-state index contributed by atoms with van der Waals surface area (Å²) < 4.78 is 6.84. The molecule has 0 saturated carbocycles. The van der Waals surface area contributed by atoms with Crippen LogP contribution in [-0.4, -0.2) is 6.54 Å². The lowest BCUT2D eigenvalue weighted by Crippen LogP contribution is -1.98. The van der Waals surface area contributed by atoms with E-state index in [0.29, 0.717) is 19.8 Å². The molecule has 0 unspecified atom stereocenters. The van der Waals surface area contributed by atoms with Crippen molar-refractivity contribution in [1.82, 2.24) is 0 Å². The van der Waals surface area contributed by atoms with E-state index in [9.17, 15) is 0 Å². The molecule has 0 aliphatic heterocycles. The molecular weight excluding hydrogens is 314 g/mol. The fraction of sp³-hybridized carbons (Fsp3) is 0.176. The van der Waals surface area contributed by atoms with Crippen LogP contribution >= 0.6 is 15.9 Å². The Morgan fingerprint density at radius 1 is 0.950 bits per heavy atom. The van der Waals surface area contributed by atoms with E-state index in [4.69, 9.17) is 10.5 Å². The summed E-state index contributed by atoms with van der Waals surface area (Å²) in [6.45, 7) is 1.48. The van der Waals surface area contributed by atoms with E-state index in [2.05, 4.69) is 27.8 Å². The van der Waals surface area contributed by atoms with E-state index in [1.807, 2.05) is 48.5 Å². The van der Waals surface area contributed by atoms with Crippen LogP contribution in [0.1, 0.15) is 16.7 Å². The lowest BCUT2D eigenvalue weighted by molar-refractivity contribution is 0.106. The Balaban J connectivity index is 1.99. The second-order valence-electron chi connectivity index (χ2n) is 4.25. The predicted molar refractivity (Wildman–Crippen MR) is 85.0 cm³/mol. The maximum atomic E-state index is 5.78. The molecule has 2 nitrogen and oxygen atoms in total. The third-order valence-corrected chi connectivity index (χ3v) is 3.59. The van der Waals surface area contributed by atoms with Gasteiger partial charge in [-0.15, -0.1) is 0 Å². The molecule has 0 fully saturated rings. The van der Waals surface area contributed by atoms with Crippen molar-refractivity contribution in [3.63, 3.8) is 0 Å². The van der Waals surface area contributed by atoms with Gasteiger partial charge in [0.25, 0.3) is 0 Å². The van der Waals surface area contributed by atoms with Crippen LogP contribution < -0.4 is 5.73 Å². The minimum absolute atomic E-state index is 0.367. The average Bonchev–Trinajstić information content (AvgIpc) is 2.48. The zero-order valence-electron chi connectivity index (χ0n) is 11.1. The highest BCUT2D eigenvalue weighted by Crippen LogP contribution is 2.17. The maximum absolute atomic E-state index is 5.78. The van der Waals surface area contributed by atoms with Gasteiger partial charge in [0, 0.05) is 10.0 Å². The highest BCUT2D eigenvalue weighted by molar-refractivity contribution is 9.10. The third kappa shape index (κ3) is 4.21. The van der Waals surface area contributed by atoms with Crippen molar-refractivity contribution in [2.45, 2.75) is 13.2 Å². The molecule has 0 heterocycles. The molecule has 0 aromatic heterocycles. The Labute approximate surface area is 128 Å². The summed E-state index contributed by atoms with van der Waals surface area (Å²) in [4.78, 5) is 0. The molecule has 0 radical (unpaired) electrons. The van der Waals surface area contributed by atoms with Crippen molar-refractivity contribution in [1.29, 1.82) is 0 Å². The molecule has 102 valence electrons. The Bertz CT molecular complexity index is 628. The van der Waals surface area contributed by atoms with Crippen LogP contribution in [0, 0.1) is 11.8 Å². The summed E-state index contributed by atoms with van der Waals surface area (Å²) in [5.41, 5.74) is 8.61. The molecule has 2 N–H and O–H groups in total. The predicted octanol–water partition coefficient (Wildman–Crippen LogP) is 3.48. The van der Waals surface area contributed by atoms with Gasteiger partial charge < -0.3 is 10.5 Å². The number of rotatable bonds is 4. The summed E-state index contributed by atoms with van der Waals surface area (Å²) in [7, 11) is 0. The van der Waals surface area contributed by atoms with Gasteiger partial charge in [-0.3, -0.25) is 0 Å². The highest BCUT2D eigenvalue weighted by Gasteiger charge is 2.02. The Kier molecular flexibility index (Phi) is 5.82. The molecule has 0 amide bonds. The van der Waals surface area contributed by atoms with Crippen LogP contribution in [0.5, 0.6) is 0 Å². The van der Waals surface area contributed by atoms with Crippen LogP contribution in [0.15, 0.2) is 53.0 Å². The fourth-order valence-corrected chi connectivity index (χ4v) is 2.20. The standard InChI is InChI=1S/C17H16BrNO/c18-17-10-4-3-8-16(17)13-20-12-15-7-2-1-6-14(15)9-5-11-19/h1-4,6-8,10H,11-13,19H2. The second-order valence-corrected chi connectivity index (χ2v) is 5.10. The molecule has 3 heteroatoms. The molecule has 0 bridgehead atoms. The lowest BCUT2D eigenvalue weighted by Gasteiger charge is -2.08. The summed E-state index contributed by atoms with van der Waals surface area (Å²) in [5, 5.41) is 0. The monoisotopic (exact) mass is 329 g/mol. The molecule has 2 aromatic rings. The number of benzene rings is 2. The number of ether oxygens (including phenoxy) is 1. The van der Waals surface area contributed by atoms with Gasteiger partial charge in [0.15, 0.2) is 0 Å². The molecule has 2 rings (SSSR count). The van der Waals surface area contributed by atoms with Crippen LogP contribution in [0.25, 0.3) is 0 Å². The van der Waals surface area contributed by atoms with E-state index in [1.54, 1.807) is 0 Å². The first kappa shape index (κ1) is 14.8. The molecule has 0 atom stereocenters. The third-order valence-electron chi connectivity index (χ3n) is 2.82. The first-order chi connectivity index (χ1) is 9.81. The first-order valence-corrected chi connectivity index (χ1v) is 7.18. The van der Waals surface area contributed by atoms with Crippen molar-refractivity contribution in [3.05, 3.63) is 69.7 Å². The van der Waals surface area contributed by atoms with Crippen molar-refractivity contribution in [2.24, 2.45) is 5.73 Å². The zero-order chi connectivity index (χ0) is 14.2. The Morgan fingerprint density at radius 2 is 1.60 bits per heavy atom. The summed E-state index contributed by atoms with van der Waals surface area (Å²) in [5.74, 6) is 5.95. The van der Waals surface area contributed by atoms with Crippen molar-refractivity contribution in [2.75, 3.05) is 6.54 Å². The number of nitrogens with two attached hydrogens (primary N) is 1. The Hall–Kier alpha value is -1.60. The highest BCUT2D eigenvalue weighted by atomic mass is 79.9. The zero-order valence-corrected chi connectivity index (χ0v) is 12.7. The molecule has 0 spiro atoms. The number of halogens is 1. The van der Waals surface area contributed by atoms with E-state index < -0.39 is 0 Å². The van der Waals surface area contributed by atoms with Crippen LogP contribution in [0.3, 0.4) is 0 Å². The molecule has 20 heavy (non-hydrogen) atoms. The summed E-state index contributed by atoms with van der Waals surface area (Å²) >= 11 is 3.52. The lowest BCUT2D eigenvalue weighted by atomic mass is 10.1. The number of hydrogen-bond acceptors (Lipinski definition) is 2. The second kappa shape index (κ2) is 7.86. The molecular formula is C17H16BrNO. The Morgan fingerprint density at radius 3 is 2.35 bits per heavy atom. The van der Waals surface area contributed by atoms with Crippen molar-refractivity contribution >= 4 is 15.9 Å². The van der Waals surface area contributed by atoms with Gasteiger partial charge in [0.05, 0.1) is 19.8 Å². The quantitative estimate of drug-likeness (QED) is 0.871. The van der Waals surface area contributed by atoms with Crippen molar-refractivity contribution < 1.29 is 4.74 Å². The van der Waals surface area contributed by atoms with Gasteiger partial charge in [0.2, 0.25) is 0 Å². The van der Waals surface area contributed by atoms with Gasteiger partial charge in [-0.1, -0.05) is 64.2 Å². The molecule has 0 aliphatic carbocycles. The summed E-state index contributed by atoms with van der Waals surface area (Å²) in [6, 6.07) is 16.0. The normalized spacial score (nSPS) is 9.90.